The van der Waals surface area contributed by atoms with Gasteiger partial charge in [0, 0.05) is 32.7 Å². The van der Waals surface area contributed by atoms with Crippen molar-refractivity contribution in [3.8, 4) is 5.75 Å². The van der Waals surface area contributed by atoms with Crippen LogP contribution in [-0.4, -0.2) is 91.0 Å². The van der Waals surface area contributed by atoms with Crippen molar-refractivity contribution >= 4 is 16.0 Å². The standard InChI is InChI=1S/C23H37N7O3S/c1-27(2)14-15-30-25-23(24-26-30)28-11-8-19(9-12-28)5-4-16-33-22-7-6-21-18-29(34(3,31)32)13-10-20(21)17-22/h6-7,17,19H,4-5,8-16,18H2,1-3H3. The summed E-state index contributed by atoms with van der Waals surface area (Å²) in [6.45, 7) is 5.29. The van der Waals surface area contributed by atoms with Crippen LogP contribution in [0.15, 0.2) is 18.2 Å². The molecule has 11 heteroatoms. The minimum absolute atomic E-state index is 0.453. The van der Waals surface area contributed by atoms with Crippen LogP contribution in [-0.2, 0) is 29.5 Å². The van der Waals surface area contributed by atoms with E-state index in [0.717, 1.165) is 75.5 Å². The molecule has 2 aromatic rings. The van der Waals surface area contributed by atoms with Crippen molar-refractivity contribution < 1.29 is 13.2 Å². The highest BCUT2D eigenvalue weighted by Crippen LogP contribution is 2.26. The number of benzene rings is 1. The topological polar surface area (TPSA) is 96.7 Å². The summed E-state index contributed by atoms with van der Waals surface area (Å²) >= 11 is 0. The van der Waals surface area contributed by atoms with Crippen LogP contribution < -0.4 is 9.64 Å². The number of tetrazole rings is 1. The van der Waals surface area contributed by atoms with Crippen LogP contribution in [0.25, 0.3) is 0 Å². The fourth-order valence-corrected chi connectivity index (χ4v) is 5.40. The monoisotopic (exact) mass is 491 g/mol. The SMILES string of the molecule is CN(C)CCn1nnc(N2CCC(CCCOc3ccc4c(c3)CCN(S(C)(=O)=O)C4)CC2)n1. The number of anilines is 1. The van der Waals surface area contributed by atoms with Crippen LogP contribution >= 0.6 is 0 Å². The van der Waals surface area contributed by atoms with Gasteiger partial charge in [-0.05, 0) is 80.6 Å². The molecule has 0 atom stereocenters. The second kappa shape index (κ2) is 11.0. The molecule has 0 aliphatic carbocycles. The summed E-state index contributed by atoms with van der Waals surface area (Å²) in [7, 11) is 0.932. The van der Waals surface area contributed by atoms with Crippen LogP contribution in [0.2, 0.25) is 0 Å². The van der Waals surface area contributed by atoms with Gasteiger partial charge in [-0.3, -0.25) is 0 Å². The first-order valence-electron chi connectivity index (χ1n) is 12.1. The van der Waals surface area contributed by atoms with Gasteiger partial charge in [-0.25, -0.2) is 8.42 Å². The normalized spacial score (nSPS) is 17.8. The highest BCUT2D eigenvalue weighted by molar-refractivity contribution is 7.88. The third-order valence-electron chi connectivity index (χ3n) is 6.74. The number of aromatic nitrogens is 4. The molecule has 0 spiro atoms. The molecule has 1 fully saturated rings. The van der Waals surface area contributed by atoms with E-state index in [0.29, 0.717) is 25.6 Å². The zero-order valence-electron chi connectivity index (χ0n) is 20.6. The Hall–Kier alpha value is -2.24. The third-order valence-corrected chi connectivity index (χ3v) is 7.99. The molecule has 0 radical (unpaired) electrons. The van der Waals surface area contributed by atoms with E-state index in [1.54, 1.807) is 4.80 Å². The zero-order chi connectivity index (χ0) is 24.1. The van der Waals surface area contributed by atoms with Crippen molar-refractivity contribution in [2.45, 2.75) is 45.2 Å². The van der Waals surface area contributed by atoms with Crippen molar-refractivity contribution in [1.29, 1.82) is 0 Å². The summed E-state index contributed by atoms with van der Waals surface area (Å²) in [5.74, 6) is 2.33. The summed E-state index contributed by atoms with van der Waals surface area (Å²) in [4.78, 5) is 6.03. The first-order chi connectivity index (χ1) is 16.3. The predicted molar refractivity (Wildman–Crippen MR) is 131 cm³/mol. The molecule has 0 N–H and O–H groups in total. The van der Waals surface area contributed by atoms with E-state index in [1.165, 1.54) is 16.1 Å². The van der Waals surface area contributed by atoms with Gasteiger partial charge in [-0.2, -0.15) is 9.10 Å². The van der Waals surface area contributed by atoms with Crippen molar-refractivity contribution in [3.05, 3.63) is 29.3 Å². The van der Waals surface area contributed by atoms with Crippen LogP contribution in [0.4, 0.5) is 5.95 Å². The first kappa shape index (κ1) is 24.9. The van der Waals surface area contributed by atoms with E-state index in [-0.39, 0.29) is 0 Å². The predicted octanol–water partition coefficient (Wildman–Crippen LogP) is 1.63. The lowest BCUT2D eigenvalue weighted by atomic mass is 9.92. The van der Waals surface area contributed by atoms with Gasteiger partial charge in [0.2, 0.25) is 10.0 Å². The Morgan fingerprint density at radius 3 is 2.68 bits per heavy atom. The second-order valence-electron chi connectivity index (χ2n) is 9.69. The highest BCUT2D eigenvalue weighted by Gasteiger charge is 2.24. The van der Waals surface area contributed by atoms with E-state index >= 15 is 0 Å². The molecule has 0 bridgehead atoms. The number of rotatable bonds is 10. The maximum atomic E-state index is 11.8. The van der Waals surface area contributed by atoms with Crippen molar-refractivity contribution in [2.24, 2.45) is 5.92 Å². The number of hydrogen-bond acceptors (Lipinski definition) is 8. The molecular formula is C23H37N7O3S. The Bertz CT molecular complexity index is 1050. The lowest BCUT2D eigenvalue weighted by Gasteiger charge is -2.30. The van der Waals surface area contributed by atoms with Gasteiger partial charge in [-0.15, -0.1) is 5.10 Å². The van der Waals surface area contributed by atoms with E-state index in [2.05, 4.69) is 31.3 Å². The summed E-state index contributed by atoms with van der Waals surface area (Å²) in [6, 6.07) is 6.04. The maximum Gasteiger partial charge on any atom is 0.266 e. The number of piperidine rings is 1. The van der Waals surface area contributed by atoms with Crippen molar-refractivity contribution in [1.82, 2.24) is 29.4 Å². The average molecular weight is 492 g/mol. The lowest BCUT2D eigenvalue weighted by Crippen LogP contribution is -2.35. The molecule has 4 rings (SSSR count). The summed E-state index contributed by atoms with van der Waals surface area (Å²) < 4.78 is 31.1. The minimum Gasteiger partial charge on any atom is -0.494 e. The first-order valence-corrected chi connectivity index (χ1v) is 14.0. The zero-order valence-corrected chi connectivity index (χ0v) is 21.4. The molecular weight excluding hydrogens is 454 g/mol. The van der Waals surface area contributed by atoms with Gasteiger partial charge >= 0.3 is 0 Å². The summed E-state index contributed by atoms with van der Waals surface area (Å²) in [5.41, 5.74) is 2.26. The van der Waals surface area contributed by atoms with Crippen LogP contribution in [0.3, 0.4) is 0 Å². The number of ether oxygens (including phenoxy) is 1. The average Bonchev–Trinajstić information content (AvgIpc) is 3.29. The Labute approximate surface area is 202 Å². The molecule has 1 aromatic heterocycles. The molecule has 3 heterocycles. The Kier molecular flexibility index (Phi) is 8.05. The van der Waals surface area contributed by atoms with E-state index in [1.807, 2.05) is 26.2 Å². The third kappa shape index (κ3) is 6.67. The lowest BCUT2D eigenvalue weighted by molar-refractivity contribution is 0.278. The molecule has 10 nitrogen and oxygen atoms in total. The molecule has 2 aliphatic rings. The van der Waals surface area contributed by atoms with Crippen LogP contribution in [0.5, 0.6) is 5.75 Å². The molecule has 0 unspecified atom stereocenters. The van der Waals surface area contributed by atoms with Gasteiger partial charge in [0.25, 0.3) is 5.95 Å². The molecule has 2 aliphatic heterocycles. The summed E-state index contributed by atoms with van der Waals surface area (Å²) in [5, 5.41) is 12.9. The van der Waals surface area contributed by atoms with Crippen molar-refractivity contribution in [3.63, 3.8) is 0 Å². The van der Waals surface area contributed by atoms with Crippen molar-refractivity contribution in [2.75, 3.05) is 58.0 Å². The van der Waals surface area contributed by atoms with Gasteiger partial charge in [0.15, 0.2) is 0 Å². The number of nitrogens with zero attached hydrogens (tertiary/aromatic N) is 7. The fraction of sp³-hybridized carbons (Fsp3) is 0.696. The molecule has 1 saturated heterocycles. The Morgan fingerprint density at radius 1 is 1.15 bits per heavy atom. The number of sulfonamides is 1. The van der Waals surface area contributed by atoms with E-state index in [9.17, 15) is 8.42 Å². The Balaban J connectivity index is 1.15. The fourth-order valence-electron chi connectivity index (χ4n) is 4.61. The highest BCUT2D eigenvalue weighted by atomic mass is 32.2. The molecule has 0 saturated carbocycles. The van der Waals surface area contributed by atoms with Gasteiger partial charge in [-0.1, -0.05) is 11.2 Å². The van der Waals surface area contributed by atoms with Gasteiger partial charge in [0.05, 0.1) is 19.4 Å². The minimum atomic E-state index is -3.14. The number of likely N-dealkylation sites (N-methyl/N-ethyl adjacent to an activating group) is 1. The Morgan fingerprint density at radius 2 is 1.94 bits per heavy atom. The van der Waals surface area contributed by atoms with Crippen LogP contribution in [0, 0.1) is 5.92 Å². The largest absolute Gasteiger partial charge is 0.494 e. The van der Waals surface area contributed by atoms with E-state index < -0.39 is 10.0 Å². The maximum absolute atomic E-state index is 11.8. The number of fused-ring (bicyclic) bond motifs is 1. The smallest absolute Gasteiger partial charge is 0.266 e. The molecule has 188 valence electrons. The number of hydrogen-bond donors (Lipinski definition) is 0. The molecule has 0 amide bonds. The summed E-state index contributed by atoms with van der Waals surface area (Å²) in [6.07, 6.45) is 6.47. The molecule has 34 heavy (non-hydrogen) atoms. The van der Waals surface area contributed by atoms with E-state index in [4.69, 9.17) is 4.74 Å². The second-order valence-corrected chi connectivity index (χ2v) is 11.7. The van der Waals surface area contributed by atoms with Crippen LogP contribution in [0.1, 0.15) is 36.8 Å². The van der Waals surface area contributed by atoms with Gasteiger partial charge < -0.3 is 14.5 Å². The molecule has 1 aromatic carbocycles. The quantitative estimate of drug-likeness (QED) is 0.463. The van der Waals surface area contributed by atoms with Gasteiger partial charge in [0.1, 0.15) is 5.75 Å².